The van der Waals surface area contributed by atoms with Crippen LogP contribution in [0.3, 0.4) is 0 Å². The molecule has 0 saturated carbocycles. The third kappa shape index (κ3) is 6.29. The molecule has 32 heavy (non-hydrogen) atoms. The zero-order valence-corrected chi connectivity index (χ0v) is 20.5. The van der Waals surface area contributed by atoms with Gasteiger partial charge < -0.3 is 9.88 Å². The summed E-state index contributed by atoms with van der Waals surface area (Å²) < 4.78 is 28.0. The molecule has 0 fully saturated rings. The fourth-order valence-electron chi connectivity index (χ4n) is 3.69. The number of carbonyl (C=O) groups is 1. The van der Waals surface area contributed by atoms with Gasteiger partial charge in [-0.2, -0.15) is 4.31 Å². The maximum absolute atomic E-state index is 12.8. The molecule has 0 aliphatic rings. The van der Waals surface area contributed by atoms with E-state index >= 15 is 0 Å². The van der Waals surface area contributed by atoms with Gasteiger partial charge in [0.15, 0.2) is 0 Å². The molecule has 176 valence electrons. The highest BCUT2D eigenvalue weighted by atomic mass is 32.2. The van der Waals surface area contributed by atoms with E-state index in [0.29, 0.717) is 13.1 Å². The molecule has 1 heterocycles. The Bertz CT molecular complexity index is 1060. The largest absolute Gasteiger partial charge is 0.347 e. The topological polar surface area (TPSA) is 88.5 Å². The van der Waals surface area contributed by atoms with Crippen LogP contribution in [0.15, 0.2) is 52.3 Å². The second-order valence-corrected chi connectivity index (χ2v) is 10.1. The molecule has 0 aliphatic carbocycles. The minimum absolute atomic E-state index is 0.000484. The zero-order chi connectivity index (χ0) is 23.9. The predicted octanol–water partition coefficient (Wildman–Crippen LogP) is 3.34. The summed E-state index contributed by atoms with van der Waals surface area (Å²) in [6.07, 6.45) is 3.33. The molecule has 1 N–H and O–H groups in total. The van der Waals surface area contributed by atoms with E-state index in [9.17, 15) is 18.0 Å². The molecule has 1 aromatic carbocycles. The molecule has 1 amide bonds. The monoisotopic (exact) mass is 461 g/mol. The van der Waals surface area contributed by atoms with Crippen LogP contribution >= 0.6 is 0 Å². The van der Waals surface area contributed by atoms with Crippen LogP contribution in [0.4, 0.5) is 0 Å². The summed E-state index contributed by atoms with van der Waals surface area (Å²) in [6, 6.07) is 10.5. The Kier molecular flexibility index (Phi) is 9.21. The summed E-state index contributed by atoms with van der Waals surface area (Å²) in [7, 11) is -3.72. The van der Waals surface area contributed by atoms with Gasteiger partial charge >= 0.3 is 0 Å². The molecule has 0 aliphatic heterocycles. The van der Waals surface area contributed by atoms with Crippen molar-refractivity contribution in [2.75, 3.05) is 13.1 Å². The lowest BCUT2D eigenvalue weighted by atomic mass is 9.94. The van der Waals surface area contributed by atoms with E-state index < -0.39 is 15.6 Å². The highest BCUT2D eigenvalue weighted by molar-refractivity contribution is 7.89. The van der Waals surface area contributed by atoms with Crippen molar-refractivity contribution in [2.24, 2.45) is 5.92 Å². The Hall–Kier alpha value is -2.45. The lowest BCUT2D eigenvalue weighted by Crippen LogP contribution is -2.37. The number of nitrogens with one attached hydrogen (secondary N) is 1. The van der Waals surface area contributed by atoms with Crippen LogP contribution in [-0.2, 0) is 27.8 Å². The smallest absolute Gasteiger partial charge is 0.251 e. The van der Waals surface area contributed by atoms with E-state index in [2.05, 4.69) is 24.4 Å². The molecule has 0 bridgehead atoms. The highest BCUT2D eigenvalue weighted by Gasteiger charge is 2.23. The standard InChI is InChI=1S/C24H35N3O4S/c1-6-9-19-10-12-20(13-11-19)24(18(4)5)25-22(28)17-26-16-21(14-15-23(26)29)32(30,31)27(7-2)8-3/h10-16,18,24H,6-9,17H2,1-5H3,(H,25,28). The van der Waals surface area contributed by atoms with E-state index in [0.717, 1.165) is 23.0 Å². The van der Waals surface area contributed by atoms with Gasteiger partial charge in [0.2, 0.25) is 15.9 Å². The van der Waals surface area contributed by atoms with Crippen LogP contribution in [0, 0.1) is 5.92 Å². The average Bonchev–Trinajstić information content (AvgIpc) is 2.75. The van der Waals surface area contributed by atoms with Crippen molar-refractivity contribution in [3.05, 3.63) is 64.1 Å². The molecule has 0 spiro atoms. The van der Waals surface area contributed by atoms with Crippen molar-refractivity contribution in [1.29, 1.82) is 0 Å². The van der Waals surface area contributed by atoms with Crippen molar-refractivity contribution in [3.8, 4) is 0 Å². The second-order valence-electron chi connectivity index (χ2n) is 8.20. The molecule has 1 aromatic heterocycles. The van der Waals surface area contributed by atoms with Crippen LogP contribution < -0.4 is 10.9 Å². The summed E-state index contributed by atoms with van der Waals surface area (Å²) in [5.41, 5.74) is 1.82. The summed E-state index contributed by atoms with van der Waals surface area (Å²) >= 11 is 0. The Labute approximate surface area is 191 Å². The number of pyridine rings is 1. The third-order valence-corrected chi connectivity index (χ3v) is 7.51. The molecule has 1 atom stereocenters. The molecule has 0 radical (unpaired) electrons. The first-order valence-electron chi connectivity index (χ1n) is 11.2. The number of aryl methyl sites for hydroxylation is 1. The van der Waals surface area contributed by atoms with Crippen molar-refractivity contribution in [2.45, 2.75) is 64.9 Å². The number of nitrogens with zero attached hydrogens (tertiary/aromatic N) is 2. The minimum Gasteiger partial charge on any atom is -0.347 e. The van der Waals surface area contributed by atoms with Crippen molar-refractivity contribution in [1.82, 2.24) is 14.2 Å². The third-order valence-electron chi connectivity index (χ3n) is 5.47. The van der Waals surface area contributed by atoms with Crippen molar-refractivity contribution >= 4 is 15.9 Å². The second kappa shape index (κ2) is 11.4. The van der Waals surface area contributed by atoms with Crippen LogP contribution in [0.25, 0.3) is 0 Å². The van der Waals surface area contributed by atoms with E-state index in [4.69, 9.17) is 0 Å². The van der Waals surface area contributed by atoms with E-state index in [-0.39, 0.29) is 29.3 Å². The van der Waals surface area contributed by atoms with E-state index in [1.165, 1.54) is 28.2 Å². The molecule has 1 unspecified atom stereocenters. The number of rotatable bonds is 11. The SMILES string of the molecule is CCCc1ccc(C(NC(=O)Cn2cc(S(=O)(=O)N(CC)CC)ccc2=O)C(C)C)cc1. The molecule has 7 nitrogen and oxygen atoms in total. The van der Waals surface area contributed by atoms with Gasteiger partial charge in [-0.25, -0.2) is 8.42 Å². The number of hydrogen-bond donors (Lipinski definition) is 1. The molecule has 0 saturated heterocycles. The van der Waals surface area contributed by atoms with Gasteiger partial charge in [0.1, 0.15) is 6.54 Å². The van der Waals surface area contributed by atoms with Gasteiger partial charge in [-0.15, -0.1) is 0 Å². The van der Waals surface area contributed by atoms with Crippen LogP contribution in [-0.4, -0.2) is 36.3 Å². The number of benzene rings is 1. The maximum Gasteiger partial charge on any atom is 0.251 e. The molecule has 2 aromatic rings. The van der Waals surface area contributed by atoms with E-state index in [1.807, 2.05) is 26.0 Å². The summed E-state index contributed by atoms with van der Waals surface area (Å²) in [6.45, 7) is 10.1. The quantitative estimate of drug-likeness (QED) is 0.556. The van der Waals surface area contributed by atoms with Gasteiger partial charge in [-0.1, -0.05) is 65.3 Å². The predicted molar refractivity (Wildman–Crippen MR) is 127 cm³/mol. The van der Waals surface area contributed by atoms with Gasteiger partial charge in [0, 0.05) is 25.4 Å². The van der Waals surface area contributed by atoms with Crippen LogP contribution in [0.1, 0.15) is 58.2 Å². The lowest BCUT2D eigenvalue weighted by molar-refractivity contribution is -0.122. The maximum atomic E-state index is 12.8. The number of aromatic nitrogens is 1. The fraction of sp³-hybridized carbons (Fsp3) is 0.500. The molecular formula is C24H35N3O4S. The first-order valence-corrected chi connectivity index (χ1v) is 12.7. The Balaban J connectivity index is 2.23. The van der Waals surface area contributed by atoms with Gasteiger partial charge in [0.25, 0.3) is 5.56 Å². The lowest BCUT2D eigenvalue weighted by Gasteiger charge is -2.24. The van der Waals surface area contributed by atoms with Gasteiger partial charge in [0.05, 0.1) is 10.9 Å². The number of hydrogen-bond acceptors (Lipinski definition) is 4. The van der Waals surface area contributed by atoms with E-state index in [1.54, 1.807) is 13.8 Å². The number of amides is 1. The Morgan fingerprint density at radius 3 is 2.19 bits per heavy atom. The zero-order valence-electron chi connectivity index (χ0n) is 19.7. The molecule has 8 heteroatoms. The Morgan fingerprint density at radius 1 is 1.03 bits per heavy atom. The van der Waals surface area contributed by atoms with Gasteiger partial charge in [-0.05, 0) is 29.5 Å². The van der Waals surface area contributed by atoms with Crippen molar-refractivity contribution < 1.29 is 13.2 Å². The molecular weight excluding hydrogens is 426 g/mol. The van der Waals surface area contributed by atoms with Crippen LogP contribution in [0.2, 0.25) is 0 Å². The van der Waals surface area contributed by atoms with Gasteiger partial charge in [-0.3, -0.25) is 9.59 Å². The summed E-state index contributed by atoms with van der Waals surface area (Å²) in [5.74, 6) is -0.206. The number of sulfonamides is 1. The van der Waals surface area contributed by atoms with Crippen molar-refractivity contribution in [3.63, 3.8) is 0 Å². The number of carbonyl (C=O) groups excluding carboxylic acids is 1. The fourth-order valence-corrected chi connectivity index (χ4v) is 5.17. The first kappa shape index (κ1) is 25.8. The Morgan fingerprint density at radius 2 is 1.66 bits per heavy atom. The summed E-state index contributed by atoms with van der Waals surface area (Å²) in [5, 5.41) is 3.00. The highest BCUT2D eigenvalue weighted by Crippen LogP contribution is 2.22. The normalized spacial score (nSPS) is 12.8. The first-order chi connectivity index (χ1) is 15.1. The average molecular weight is 462 g/mol. The molecule has 2 rings (SSSR count). The minimum atomic E-state index is -3.72. The summed E-state index contributed by atoms with van der Waals surface area (Å²) in [4.78, 5) is 25.1. The van der Waals surface area contributed by atoms with Crippen LogP contribution in [0.5, 0.6) is 0 Å².